The van der Waals surface area contributed by atoms with E-state index in [2.05, 4.69) is 20.4 Å². The number of hydrogen-bond donors (Lipinski definition) is 1. The minimum absolute atomic E-state index is 0.0840. The number of esters is 1. The van der Waals surface area contributed by atoms with Crippen LogP contribution >= 0.6 is 35.0 Å². The van der Waals surface area contributed by atoms with Gasteiger partial charge in [0.15, 0.2) is 11.0 Å². The molecule has 1 aromatic heterocycles. The highest BCUT2D eigenvalue weighted by Crippen LogP contribution is 2.25. The van der Waals surface area contributed by atoms with Crippen molar-refractivity contribution in [3.05, 3.63) is 63.9 Å². The van der Waals surface area contributed by atoms with Crippen LogP contribution in [0, 0.1) is 0 Å². The molecule has 0 spiro atoms. The highest BCUT2D eigenvalue weighted by Gasteiger charge is 2.20. The van der Waals surface area contributed by atoms with E-state index in [1.54, 1.807) is 31.2 Å². The molecule has 2 heterocycles. The fourth-order valence-electron chi connectivity index (χ4n) is 3.60. The Morgan fingerprint density at radius 3 is 2.58 bits per heavy atom. The topological polar surface area (TPSA) is 98.6 Å². The molecule has 0 saturated carbocycles. The van der Waals surface area contributed by atoms with E-state index in [0.717, 1.165) is 24.6 Å². The lowest BCUT2D eigenvalue weighted by atomic mass is 10.2. The summed E-state index contributed by atoms with van der Waals surface area (Å²) in [6, 6.07) is 12.1. The molecule has 12 heteroatoms. The van der Waals surface area contributed by atoms with E-state index in [1.165, 1.54) is 17.8 Å². The Bertz CT molecular complexity index is 1220. The highest BCUT2D eigenvalue weighted by molar-refractivity contribution is 7.99. The van der Waals surface area contributed by atoms with Gasteiger partial charge in [-0.3, -0.25) is 14.3 Å². The number of hydrogen-bond acceptors (Lipinski definition) is 8. The minimum atomic E-state index is -0.545. The van der Waals surface area contributed by atoms with Crippen LogP contribution in [-0.2, 0) is 20.8 Å². The Morgan fingerprint density at radius 1 is 1.11 bits per heavy atom. The average Bonchev–Trinajstić information content (AvgIpc) is 3.27. The number of morpholine rings is 1. The van der Waals surface area contributed by atoms with Crippen molar-refractivity contribution < 1.29 is 19.1 Å². The number of rotatable bonds is 9. The van der Waals surface area contributed by atoms with Gasteiger partial charge < -0.3 is 14.8 Å². The molecule has 1 fully saturated rings. The number of amides is 1. The molecule has 190 valence electrons. The van der Waals surface area contributed by atoms with Crippen LogP contribution in [0.1, 0.15) is 23.1 Å². The predicted molar refractivity (Wildman–Crippen MR) is 139 cm³/mol. The second kappa shape index (κ2) is 12.6. The Hall–Kier alpha value is -2.63. The zero-order chi connectivity index (χ0) is 25.5. The molecule has 0 aliphatic carbocycles. The largest absolute Gasteiger partial charge is 0.462 e. The summed E-state index contributed by atoms with van der Waals surface area (Å²) in [5, 5.41) is 13.0. The first-order chi connectivity index (χ1) is 17.4. The van der Waals surface area contributed by atoms with Crippen molar-refractivity contribution in [3.8, 4) is 5.69 Å². The van der Waals surface area contributed by atoms with Gasteiger partial charge in [-0.15, -0.1) is 10.2 Å². The number of aromatic nitrogens is 3. The van der Waals surface area contributed by atoms with Crippen molar-refractivity contribution in [2.45, 2.75) is 18.6 Å². The number of carbonyl (C=O) groups is 2. The maximum atomic E-state index is 12.7. The lowest BCUT2D eigenvalue weighted by Crippen LogP contribution is -2.36. The second-order valence-corrected chi connectivity index (χ2v) is 9.64. The Labute approximate surface area is 223 Å². The number of halogens is 2. The lowest BCUT2D eigenvalue weighted by molar-refractivity contribution is -0.113. The molecule has 0 unspecified atom stereocenters. The molecule has 1 aliphatic heterocycles. The number of thioether (sulfide) groups is 1. The molecule has 0 atom stereocenters. The van der Waals surface area contributed by atoms with Gasteiger partial charge in [0, 0.05) is 29.5 Å². The first-order valence-corrected chi connectivity index (χ1v) is 13.1. The molecule has 1 N–H and O–H groups in total. The number of nitrogens with zero attached hydrogens (tertiary/aromatic N) is 4. The molecule has 4 rings (SSSR count). The first-order valence-electron chi connectivity index (χ1n) is 11.3. The maximum Gasteiger partial charge on any atom is 0.339 e. The lowest BCUT2D eigenvalue weighted by Gasteiger charge is -2.26. The average molecular weight is 550 g/mol. The van der Waals surface area contributed by atoms with E-state index < -0.39 is 5.97 Å². The summed E-state index contributed by atoms with van der Waals surface area (Å²) >= 11 is 13.5. The molecule has 1 amide bonds. The van der Waals surface area contributed by atoms with Gasteiger partial charge in [0.25, 0.3) is 0 Å². The normalized spacial score (nSPS) is 14.0. The van der Waals surface area contributed by atoms with Crippen molar-refractivity contribution in [3.63, 3.8) is 0 Å². The van der Waals surface area contributed by atoms with Gasteiger partial charge in [0.2, 0.25) is 5.91 Å². The standard InChI is InChI=1S/C24H25Cl2N5O4S/c1-2-35-23(33)19-13-17(5-8-20(19)26)27-22(32)15-36-24-29-28-21(14-30-9-11-34-12-10-30)31(24)18-6-3-16(25)4-7-18/h3-8,13H,2,9-12,14-15H2,1H3,(H,27,32). The molecule has 0 radical (unpaired) electrons. The van der Waals surface area contributed by atoms with Crippen molar-refractivity contribution in [2.75, 3.05) is 44.0 Å². The summed E-state index contributed by atoms with van der Waals surface area (Å²) in [6.07, 6.45) is 0. The van der Waals surface area contributed by atoms with Gasteiger partial charge in [-0.05, 0) is 49.4 Å². The van der Waals surface area contributed by atoms with E-state index in [4.69, 9.17) is 32.7 Å². The molecule has 1 aliphatic rings. The van der Waals surface area contributed by atoms with E-state index >= 15 is 0 Å². The second-order valence-electron chi connectivity index (χ2n) is 7.85. The van der Waals surface area contributed by atoms with Crippen LogP contribution < -0.4 is 5.32 Å². The van der Waals surface area contributed by atoms with Gasteiger partial charge in [0.1, 0.15) is 0 Å². The van der Waals surface area contributed by atoms with Crippen molar-refractivity contribution in [2.24, 2.45) is 0 Å². The maximum absolute atomic E-state index is 12.7. The third-order valence-electron chi connectivity index (χ3n) is 5.33. The van der Waals surface area contributed by atoms with Crippen LogP contribution in [0.2, 0.25) is 10.0 Å². The van der Waals surface area contributed by atoms with Gasteiger partial charge in [0.05, 0.1) is 42.7 Å². The van der Waals surface area contributed by atoms with Gasteiger partial charge in [-0.2, -0.15) is 0 Å². The number of benzene rings is 2. The zero-order valence-corrected chi connectivity index (χ0v) is 21.9. The van der Waals surface area contributed by atoms with Crippen molar-refractivity contribution >= 4 is 52.5 Å². The number of nitrogens with one attached hydrogen (secondary N) is 1. The highest BCUT2D eigenvalue weighted by atomic mass is 35.5. The molecular formula is C24H25Cl2N5O4S. The molecule has 9 nitrogen and oxygen atoms in total. The molecule has 0 bridgehead atoms. The third kappa shape index (κ3) is 6.77. The summed E-state index contributed by atoms with van der Waals surface area (Å²) in [4.78, 5) is 27.1. The van der Waals surface area contributed by atoms with Gasteiger partial charge in [-0.25, -0.2) is 4.79 Å². The minimum Gasteiger partial charge on any atom is -0.462 e. The quantitative estimate of drug-likeness (QED) is 0.311. The summed E-state index contributed by atoms with van der Waals surface area (Å²) in [7, 11) is 0. The molecule has 3 aromatic rings. The van der Waals surface area contributed by atoms with Crippen LogP contribution in [0.5, 0.6) is 0 Å². The Kier molecular flexibility index (Phi) is 9.22. The molecule has 2 aromatic carbocycles. The van der Waals surface area contributed by atoms with Crippen LogP contribution in [0.15, 0.2) is 47.6 Å². The fraction of sp³-hybridized carbons (Fsp3) is 0.333. The number of carbonyl (C=O) groups excluding carboxylic acids is 2. The smallest absolute Gasteiger partial charge is 0.339 e. The Balaban J connectivity index is 1.48. The summed E-state index contributed by atoms with van der Waals surface area (Å²) < 4.78 is 12.4. The molecule has 1 saturated heterocycles. The first kappa shape index (κ1) is 26.4. The van der Waals surface area contributed by atoms with E-state index in [-0.39, 0.29) is 28.9 Å². The molecule has 36 heavy (non-hydrogen) atoms. The fourth-order valence-corrected chi connectivity index (χ4v) is 4.69. The van der Waals surface area contributed by atoms with Gasteiger partial charge in [-0.1, -0.05) is 35.0 Å². The van der Waals surface area contributed by atoms with E-state index in [0.29, 0.717) is 35.6 Å². The third-order valence-corrected chi connectivity index (χ3v) is 6.84. The van der Waals surface area contributed by atoms with E-state index in [1.807, 2.05) is 16.7 Å². The van der Waals surface area contributed by atoms with Crippen LogP contribution in [-0.4, -0.2) is 70.2 Å². The SMILES string of the molecule is CCOC(=O)c1cc(NC(=O)CSc2nnc(CN3CCOCC3)n2-c2ccc(Cl)cc2)ccc1Cl. The van der Waals surface area contributed by atoms with Crippen LogP contribution in [0.4, 0.5) is 5.69 Å². The van der Waals surface area contributed by atoms with Crippen LogP contribution in [0.3, 0.4) is 0 Å². The van der Waals surface area contributed by atoms with Crippen molar-refractivity contribution in [1.82, 2.24) is 19.7 Å². The van der Waals surface area contributed by atoms with Crippen LogP contribution in [0.25, 0.3) is 5.69 Å². The predicted octanol–water partition coefficient (Wildman–Crippen LogP) is 4.31. The number of ether oxygens (including phenoxy) is 2. The van der Waals surface area contributed by atoms with Gasteiger partial charge >= 0.3 is 5.97 Å². The van der Waals surface area contributed by atoms with Crippen molar-refractivity contribution in [1.29, 1.82) is 0 Å². The summed E-state index contributed by atoms with van der Waals surface area (Å²) in [6.45, 7) is 5.53. The Morgan fingerprint density at radius 2 is 1.86 bits per heavy atom. The number of anilines is 1. The summed E-state index contributed by atoms with van der Waals surface area (Å²) in [5.74, 6) is 0.0361. The molecular weight excluding hydrogens is 525 g/mol. The monoisotopic (exact) mass is 549 g/mol. The van der Waals surface area contributed by atoms with E-state index in [9.17, 15) is 9.59 Å². The summed E-state index contributed by atoms with van der Waals surface area (Å²) in [5.41, 5.74) is 1.49. The zero-order valence-electron chi connectivity index (χ0n) is 19.6.